The first-order valence-corrected chi connectivity index (χ1v) is 7.07. The smallest absolute Gasteiger partial charge is 0.306 e. The van der Waals surface area contributed by atoms with Crippen molar-refractivity contribution >= 4 is 5.97 Å². The van der Waals surface area contributed by atoms with Gasteiger partial charge in [-0.1, -0.05) is 25.1 Å². The minimum atomic E-state index is -0.106. The van der Waals surface area contributed by atoms with Gasteiger partial charge in [0.1, 0.15) is 5.75 Å². The SMILES string of the molecule is CCOc1ccccc1CCC(=O)OCC1CC1C. The molecule has 1 aromatic carbocycles. The molecule has 0 N–H and O–H groups in total. The summed E-state index contributed by atoms with van der Waals surface area (Å²) in [6.07, 6.45) is 2.29. The topological polar surface area (TPSA) is 35.5 Å². The van der Waals surface area contributed by atoms with Crippen LogP contribution < -0.4 is 4.74 Å². The van der Waals surface area contributed by atoms with Gasteiger partial charge in [-0.25, -0.2) is 0 Å². The fourth-order valence-electron chi connectivity index (χ4n) is 2.15. The molecule has 0 amide bonds. The fourth-order valence-corrected chi connectivity index (χ4v) is 2.15. The highest BCUT2D eigenvalue weighted by Crippen LogP contribution is 2.37. The number of hydrogen-bond acceptors (Lipinski definition) is 3. The lowest BCUT2D eigenvalue weighted by molar-refractivity contribution is -0.144. The number of benzene rings is 1. The van der Waals surface area contributed by atoms with E-state index in [0.29, 0.717) is 32.0 Å². The summed E-state index contributed by atoms with van der Waals surface area (Å²) in [5.74, 6) is 2.09. The van der Waals surface area contributed by atoms with Gasteiger partial charge in [-0.2, -0.15) is 0 Å². The van der Waals surface area contributed by atoms with E-state index < -0.39 is 0 Å². The third-order valence-corrected chi connectivity index (χ3v) is 3.61. The van der Waals surface area contributed by atoms with Gasteiger partial charge >= 0.3 is 5.97 Å². The predicted octanol–water partition coefficient (Wildman–Crippen LogP) is 3.22. The van der Waals surface area contributed by atoms with Crippen LogP contribution in [-0.4, -0.2) is 19.2 Å². The second kappa shape index (κ2) is 6.60. The minimum Gasteiger partial charge on any atom is -0.494 e. The summed E-state index contributed by atoms with van der Waals surface area (Å²) in [5.41, 5.74) is 1.07. The van der Waals surface area contributed by atoms with E-state index in [1.807, 2.05) is 31.2 Å². The molecule has 0 radical (unpaired) electrons. The van der Waals surface area contributed by atoms with E-state index in [1.165, 1.54) is 6.42 Å². The summed E-state index contributed by atoms with van der Waals surface area (Å²) >= 11 is 0. The van der Waals surface area contributed by atoms with Crippen LogP contribution in [0.5, 0.6) is 5.75 Å². The van der Waals surface area contributed by atoms with Crippen molar-refractivity contribution in [2.24, 2.45) is 11.8 Å². The van der Waals surface area contributed by atoms with Crippen molar-refractivity contribution in [1.82, 2.24) is 0 Å². The number of esters is 1. The van der Waals surface area contributed by atoms with Crippen LogP contribution in [0.1, 0.15) is 32.3 Å². The first-order chi connectivity index (χ1) is 9.20. The molecule has 3 nitrogen and oxygen atoms in total. The highest BCUT2D eigenvalue weighted by molar-refractivity contribution is 5.69. The Bertz CT molecular complexity index is 428. The summed E-state index contributed by atoms with van der Waals surface area (Å²) in [4.78, 5) is 11.7. The van der Waals surface area contributed by atoms with E-state index in [1.54, 1.807) is 0 Å². The maximum absolute atomic E-state index is 11.7. The molecule has 1 saturated carbocycles. The van der Waals surface area contributed by atoms with Crippen molar-refractivity contribution in [1.29, 1.82) is 0 Å². The van der Waals surface area contributed by atoms with Crippen molar-refractivity contribution in [3.05, 3.63) is 29.8 Å². The van der Waals surface area contributed by atoms with Crippen LogP contribution in [-0.2, 0) is 16.0 Å². The molecule has 2 rings (SSSR count). The molecule has 19 heavy (non-hydrogen) atoms. The molecular weight excluding hydrogens is 240 g/mol. The van der Waals surface area contributed by atoms with Crippen LogP contribution >= 0.6 is 0 Å². The number of para-hydroxylation sites is 1. The summed E-state index contributed by atoms with van der Waals surface area (Å²) in [5, 5.41) is 0. The monoisotopic (exact) mass is 262 g/mol. The molecule has 2 unspecified atom stereocenters. The Hall–Kier alpha value is -1.51. The Morgan fingerprint density at radius 2 is 2.11 bits per heavy atom. The Labute approximate surface area is 114 Å². The van der Waals surface area contributed by atoms with E-state index in [4.69, 9.17) is 9.47 Å². The van der Waals surface area contributed by atoms with Crippen LogP contribution in [0, 0.1) is 11.8 Å². The molecule has 1 fully saturated rings. The molecule has 1 aliphatic carbocycles. The van der Waals surface area contributed by atoms with Crippen molar-refractivity contribution in [2.45, 2.75) is 33.1 Å². The van der Waals surface area contributed by atoms with Crippen LogP contribution in [0.3, 0.4) is 0 Å². The van der Waals surface area contributed by atoms with Gasteiger partial charge in [0.15, 0.2) is 0 Å². The van der Waals surface area contributed by atoms with Crippen molar-refractivity contribution in [2.75, 3.05) is 13.2 Å². The van der Waals surface area contributed by atoms with Gasteiger partial charge in [0.05, 0.1) is 13.2 Å². The zero-order valence-electron chi connectivity index (χ0n) is 11.7. The van der Waals surface area contributed by atoms with Gasteiger partial charge in [0.25, 0.3) is 0 Å². The highest BCUT2D eigenvalue weighted by atomic mass is 16.5. The maximum Gasteiger partial charge on any atom is 0.306 e. The lowest BCUT2D eigenvalue weighted by Gasteiger charge is -2.09. The molecule has 104 valence electrons. The molecule has 2 atom stereocenters. The number of carbonyl (C=O) groups excluding carboxylic acids is 1. The molecule has 3 heteroatoms. The maximum atomic E-state index is 11.7. The van der Waals surface area contributed by atoms with Gasteiger partial charge in [0.2, 0.25) is 0 Å². The molecule has 1 aliphatic rings. The van der Waals surface area contributed by atoms with Crippen molar-refractivity contribution < 1.29 is 14.3 Å². The van der Waals surface area contributed by atoms with Crippen LogP contribution in [0.15, 0.2) is 24.3 Å². The summed E-state index contributed by atoms with van der Waals surface area (Å²) in [7, 11) is 0. The average molecular weight is 262 g/mol. The van der Waals surface area contributed by atoms with E-state index in [9.17, 15) is 4.79 Å². The van der Waals surface area contributed by atoms with Crippen molar-refractivity contribution in [3.63, 3.8) is 0 Å². The van der Waals surface area contributed by atoms with Gasteiger partial charge in [-0.3, -0.25) is 4.79 Å². The number of ether oxygens (including phenoxy) is 2. The second-order valence-electron chi connectivity index (χ2n) is 5.20. The quantitative estimate of drug-likeness (QED) is 0.708. The highest BCUT2D eigenvalue weighted by Gasteiger charge is 2.33. The van der Waals surface area contributed by atoms with Gasteiger partial charge < -0.3 is 9.47 Å². The van der Waals surface area contributed by atoms with Crippen molar-refractivity contribution in [3.8, 4) is 5.75 Å². The Balaban J connectivity index is 1.76. The standard InChI is InChI=1S/C16H22O3/c1-3-18-15-7-5-4-6-13(15)8-9-16(17)19-11-14-10-12(14)2/h4-7,12,14H,3,8-11H2,1-2H3. The summed E-state index contributed by atoms with van der Waals surface area (Å²) in [6, 6.07) is 7.85. The molecule has 0 aliphatic heterocycles. The zero-order chi connectivity index (χ0) is 13.7. The lowest BCUT2D eigenvalue weighted by Crippen LogP contribution is -2.09. The third kappa shape index (κ3) is 4.27. The van der Waals surface area contributed by atoms with Gasteiger partial charge in [-0.05, 0) is 43.2 Å². The van der Waals surface area contributed by atoms with E-state index in [0.717, 1.165) is 17.2 Å². The second-order valence-corrected chi connectivity index (χ2v) is 5.20. The average Bonchev–Trinajstić information content (AvgIpc) is 3.12. The molecule has 0 spiro atoms. The number of carbonyl (C=O) groups is 1. The Morgan fingerprint density at radius 3 is 2.79 bits per heavy atom. The minimum absolute atomic E-state index is 0.106. The zero-order valence-corrected chi connectivity index (χ0v) is 11.7. The summed E-state index contributed by atoms with van der Waals surface area (Å²) in [6.45, 7) is 5.38. The molecule has 1 aromatic rings. The van der Waals surface area contributed by atoms with Crippen LogP contribution in [0.4, 0.5) is 0 Å². The van der Waals surface area contributed by atoms with E-state index in [-0.39, 0.29) is 5.97 Å². The van der Waals surface area contributed by atoms with E-state index >= 15 is 0 Å². The number of aryl methyl sites for hydroxylation is 1. The van der Waals surface area contributed by atoms with Crippen LogP contribution in [0.2, 0.25) is 0 Å². The molecule has 0 bridgehead atoms. The number of rotatable bonds is 7. The Kier molecular flexibility index (Phi) is 4.83. The van der Waals surface area contributed by atoms with Gasteiger partial charge in [0, 0.05) is 6.42 Å². The lowest BCUT2D eigenvalue weighted by atomic mass is 10.1. The normalized spacial score (nSPS) is 20.9. The Morgan fingerprint density at radius 1 is 1.37 bits per heavy atom. The van der Waals surface area contributed by atoms with Crippen LogP contribution in [0.25, 0.3) is 0 Å². The largest absolute Gasteiger partial charge is 0.494 e. The molecule has 0 heterocycles. The predicted molar refractivity (Wildman–Crippen MR) is 74.2 cm³/mol. The third-order valence-electron chi connectivity index (χ3n) is 3.61. The molecular formula is C16H22O3. The number of hydrogen-bond donors (Lipinski definition) is 0. The molecule has 0 aromatic heterocycles. The fraction of sp³-hybridized carbons (Fsp3) is 0.562. The van der Waals surface area contributed by atoms with Gasteiger partial charge in [-0.15, -0.1) is 0 Å². The first kappa shape index (κ1) is 13.9. The molecule has 0 saturated heterocycles. The first-order valence-electron chi connectivity index (χ1n) is 7.07. The van der Waals surface area contributed by atoms with E-state index in [2.05, 4.69) is 6.92 Å². The summed E-state index contributed by atoms with van der Waals surface area (Å²) < 4.78 is 10.8.